The minimum Gasteiger partial charge on any atom is -0.488 e. The van der Waals surface area contributed by atoms with Crippen LogP contribution in [0, 0.1) is 6.92 Å². The molecule has 0 saturated carbocycles. The third-order valence-electron chi connectivity index (χ3n) is 4.77. The van der Waals surface area contributed by atoms with Crippen molar-refractivity contribution in [2.24, 2.45) is 4.99 Å². The van der Waals surface area contributed by atoms with Crippen LogP contribution in [0.15, 0.2) is 81.1 Å². The molecule has 3 aromatic carbocycles. The molecule has 0 aliphatic carbocycles. The number of carboxylic acids is 1. The lowest BCUT2D eigenvalue weighted by Crippen LogP contribution is -2.19. The molecule has 1 aliphatic rings. The molecule has 33 heavy (non-hydrogen) atoms. The van der Waals surface area contributed by atoms with Crippen LogP contribution in [0.1, 0.15) is 27.0 Å². The van der Waals surface area contributed by atoms with Gasteiger partial charge in [0.25, 0.3) is 5.91 Å². The van der Waals surface area contributed by atoms with Gasteiger partial charge in [-0.2, -0.15) is 0 Å². The lowest BCUT2D eigenvalue weighted by atomic mass is 10.1. The van der Waals surface area contributed by atoms with Gasteiger partial charge in [-0.1, -0.05) is 45.8 Å². The van der Waals surface area contributed by atoms with E-state index in [-0.39, 0.29) is 18.1 Å². The summed E-state index contributed by atoms with van der Waals surface area (Å²) in [6, 6.07) is 19.8. The molecule has 4 rings (SSSR count). The van der Waals surface area contributed by atoms with Gasteiger partial charge in [0.1, 0.15) is 12.4 Å². The fraction of sp³-hybridized carbons (Fsp3) is 0.0800. The Labute approximate surface area is 203 Å². The number of carbonyl (C=O) groups excluding carboxylic acids is 1. The predicted octanol–water partition coefficient (Wildman–Crippen LogP) is 5.93. The smallest absolute Gasteiger partial charge is 0.335 e. The van der Waals surface area contributed by atoms with E-state index in [2.05, 4.69) is 26.2 Å². The number of amidine groups is 1. The number of halogens is 1. The minimum atomic E-state index is -0.970. The zero-order valence-electron chi connectivity index (χ0n) is 17.5. The maximum atomic E-state index is 12.5. The van der Waals surface area contributed by atoms with Gasteiger partial charge in [-0.15, -0.1) is 0 Å². The first-order chi connectivity index (χ1) is 15.9. The SMILES string of the molecule is Cc1ccc(N=C2NC(=O)/C(=C/c3cc(Br)ccc3OCc3ccc(C(=O)O)cc3)S2)cc1. The van der Waals surface area contributed by atoms with Crippen LogP contribution in [0.4, 0.5) is 5.69 Å². The number of ether oxygens (including phenoxy) is 1. The maximum Gasteiger partial charge on any atom is 0.335 e. The Morgan fingerprint density at radius 3 is 2.55 bits per heavy atom. The van der Waals surface area contributed by atoms with Crippen molar-refractivity contribution >= 4 is 56.5 Å². The van der Waals surface area contributed by atoms with Gasteiger partial charge in [-0.05, 0) is 72.8 Å². The maximum absolute atomic E-state index is 12.5. The summed E-state index contributed by atoms with van der Waals surface area (Å²) < 4.78 is 6.83. The molecule has 1 aliphatic heterocycles. The molecule has 8 heteroatoms. The average molecular weight is 523 g/mol. The molecule has 6 nitrogen and oxygen atoms in total. The Bertz CT molecular complexity index is 1270. The number of thioether (sulfide) groups is 1. The highest BCUT2D eigenvalue weighted by Gasteiger charge is 2.24. The van der Waals surface area contributed by atoms with Gasteiger partial charge in [-0.3, -0.25) is 4.79 Å². The number of hydrogen-bond donors (Lipinski definition) is 2. The fourth-order valence-electron chi connectivity index (χ4n) is 3.03. The first-order valence-corrected chi connectivity index (χ1v) is 11.6. The summed E-state index contributed by atoms with van der Waals surface area (Å²) in [5, 5.41) is 12.3. The van der Waals surface area contributed by atoms with Crippen molar-refractivity contribution in [2.45, 2.75) is 13.5 Å². The van der Waals surface area contributed by atoms with E-state index < -0.39 is 5.97 Å². The van der Waals surface area contributed by atoms with E-state index in [1.807, 2.05) is 49.4 Å². The Kier molecular flexibility index (Phi) is 6.96. The third kappa shape index (κ3) is 5.91. The highest BCUT2D eigenvalue weighted by Crippen LogP contribution is 2.32. The molecular formula is C25H19BrN2O4S. The zero-order valence-corrected chi connectivity index (χ0v) is 19.9. The summed E-state index contributed by atoms with van der Waals surface area (Å²) >= 11 is 4.74. The van der Waals surface area contributed by atoms with Gasteiger partial charge in [-0.25, -0.2) is 9.79 Å². The quantitative estimate of drug-likeness (QED) is 0.392. The molecule has 0 aromatic heterocycles. The van der Waals surface area contributed by atoms with E-state index in [4.69, 9.17) is 9.84 Å². The summed E-state index contributed by atoms with van der Waals surface area (Å²) in [5.74, 6) is -0.590. The first-order valence-electron chi connectivity index (χ1n) is 9.98. The van der Waals surface area contributed by atoms with Crippen LogP contribution in [0.5, 0.6) is 5.75 Å². The van der Waals surface area contributed by atoms with Gasteiger partial charge in [0.05, 0.1) is 16.2 Å². The third-order valence-corrected chi connectivity index (χ3v) is 6.17. The van der Waals surface area contributed by atoms with Gasteiger partial charge < -0.3 is 15.2 Å². The van der Waals surface area contributed by atoms with Crippen LogP contribution < -0.4 is 10.1 Å². The van der Waals surface area contributed by atoms with E-state index in [1.54, 1.807) is 30.3 Å². The van der Waals surface area contributed by atoms with Gasteiger partial charge in [0.15, 0.2) is 5.17 Å². The Hall–Kier alpha value is -3.36. The number of aryl methyl sites for hydroxylation is 1. The van der Waals surface area contributed by atoms with Crippen molar-refractivity contribution in [3.63, 3.8) is 0 Å². The Morgan fingerprint density at radius 2 is 1.85 bits per heavy atom. The molecular weight excluding hydrogens is 504 g/mol. The lowest BCUT2D eigenvalue weighted by Gasteiger charge is -2.10. The van der Waals surface area contributed by atoms with Crippen LogP contribution in [-0.2, 0) is 11.4 Å². The number of nitrogens with zero attached hydrogens (tertiary/aromatic N) is 1. The standard InChI is InChI=1S/C25H19BrN2O4S/c1-15-2-9-20(10-3-15)27-25-28-23(29)22(33-25)13-18-12-19(26)8-11-21(18)32-14-16-4-6-17(7-5-16)24(30)31/h2-13H,14H2,1H3,(H,30,31)(H,27,28,29)/b22-13-. The van der Waals surface area contributed by atoms with Crippen molar-refractivity contribution < 1.29 is 19.4 Å². The van der Waals surface area contributed by atoms with Gasteiger partial charge in [0.2, 0.25) is 0 Å². The summed E-state index contributed by atoms with van der Waals surface area (Å²) in [6.45, 7) is 2.27. The second-order valence-corrected chi connectivity index (χ2v) is 9.24. The Balaban J connectivity index is 1.52. The number of rotatable bonds is 6. The zero-order chi connectivity index (χ0) is 23.4. The van der Waals surface area contributed by atoms with Crippen LogP contribution in [0.3, 0.4) is 0 Å². The van der Waals surface area contributed by atoms with Crippen LogP contribution in [-0.4, -0.2) is 22.2 Å². The topological polar surface area (TPSA) is 88.0 Å². The highest BCUT2D eigenvalue weighted by atomic mass is 79.9. The van der Waals surface area contributed by atoms with E-state index >= 15 is 0 Å². The van der Waals surface area contributed by atoms with E-state index in [0.29, 0.717) is 15.8 Å². The summed E-state index contributed by atoms with van der Waals surface area (Å²) in [5.41, 5.74) is 3.70. The molecule has 0 unspecified atom stereocenters. The molecule has 2 N–H and O–H groups in total. The second kappa shape index (κ2) is 10.1. The number of hydrogen-bond acceptors (Lipinski definition) is 5. The number of amides is 1. The number of benzene rings is 3. The Morgan fingerprint density at radius 1 is 1.12 bits per heavy atom. The van der Waals surface area contributed by atoms with E-state index in [9.17, 15) is 9.59 Å². The van der Waals surface area contributed by atoms with Crippen molar-refractivity contribution in [3.8, 4) is 5.75 Å². The number of aromatic carboxylic acids is 1. The van der Waals surface area contributed by atoms with Crippen molar-refractivity contribution in [2.75, 3.05) is 0 Å². The van der Waals surface area contributed by atoms with Crippen LogP contribution >= 0.6 is 27.7 Å². The molecule has 0 atom stereocenters. The van der Waals surface area contributed by atoms with Crippen LogP contribution in [0.2, 0.25) is 0 Å². The number of carboxylic acid groups (broad SMARTS) is 1. The second-order valence-electron chi connectivity index (χ2n) is 7.29. The molecule has 3 aromatic rings. The van der Waals surface area contributed by atoms with E-state index in [0.717, 1.165) is 26.9 Å². The molecule has 0 radical (unpaired) electrons. The first kappa shape index (κ1) is 22.8. The molecule has 1 amide bonds. The summed E-state index contributed by atoms with van der Waals surface area (Å²) in [4.78, 5) is 28.5. The summed E-state index contributed by atoms with van der Waals surface area (Å²) in [7, 11) is 0. The van der Waals surface area contributed by atoms with Gasteiger partial charge >= 0.3 is 5.97 Å². The fourth-order valence-corrected chi connectivity index (χ4v) is 4.24. The number of carbonyl (C=O) groups is 2. The normalized spacial score (nSPS) is 15.6. The van der Waals surface area contributed by atoms with Crippen molar-refractivity contribution in [1.29, 1.82) is 0 Å². The molecule has 1 heterocycles. The molecule has 1 saturated heterocycles. The molecule has 0 bridgehead atoms. The lowest BCUT2D eigenvalue weighted by molar-refractivity contribution is -0.115. The highest BCUT2D eigenvalue weighted by molar-refractivity contribution is 9.10. The van der Waals surface area contributed by atoms with Gasteiger partial charge in [0, 0.05) is 10.0 Å². The summed E-state index contributed by atoms with van der Waals surface area (Å²) in [6.07, 6.45) is 1.77. The largest absolute Gasteiger partial charge is 0.488 e. The minimum absolute atomic E-state index is 0.221. The molecule has 1 fully saturated rings. The number of nitrogens with one attached hydrogen (secondary N) is 1. The monoisotopic (exact) mass is 522 g/mol. The molecule has 0 spiro atoms. The van der Waals surface area contributed by atoms with Crippen molar-refractivity contribution in [1.82, 2.24) is 5.32 Å². The average Bonchev–Trinajstić information content (AvgIpc) is 3.13. The molecule has 166 valence electrons. The van der Waals surface area contributed by atoms with E-state index in [1.165, 1.54) is 11.8 Å². The predicted molar refractivity (Wildman–Crippen MR) is 134 cm³/mol. The van der Waals surface area contributed by atoms with Crippen molar-refractivity contribution in [3.05, 3.63) is 98.4 Å². The number of aliphatic imine (C=N–C) groups is 1. The van der Waals surface area contributed by atoms with Crippen LogP contribution in [0.25, 0.3) is 6.08 Å².